The van der Waals surface area contributed by atoms with Crippen LogP contribution < -0.4 is 0 Å². The van der Waals surface area contributed by atoms with Crippen LogP contribution in [-0.2, 0) is 9.47 Å². The van der Waals surface area contributed by atoms with Crippen molar-refractivity contribution in [2.75, 3.05) is 19.8 Å². The van der Waals surface area contributed by atoms with E-state index in [1.807, 2.05) is 0 Å². The highest BCUT2D eigenvalue weighted by Gasteiger charge is 2.26. The molecule has 0 spiro atoms. The molecule has 1 rings (SSSR count). The predicted molar refractivity (Wildman–Crippen MR) is 48.1 cm³/mol. The Morgan fingerprint density at radius 3 is 2.73 bits per heavy atom. The van der Waals surface area contributed by atoms with Gasteiger partial charge in [0.05, 0.1) is 24.1 Å². The maximum atomic E-state index is 5.60. The third kappa shape index (κ3) is 3.09. The average Bonchev–Trinajstić information content (AvgIpc) is 2.31. The molecule has 0 saturated carbocycles. The van der Waals surface area contributed by atoms with Gasteiger partial charge in [0.2, 0.25) is 0 Å². The SMILES string of the molecule is CC(C)COC1COCC1Br. The molecule has 0 N–H and O–H groups in total. The summed E-state index contributed by atoms with van der Waals surface area (Å²) in [4.78, 5) is 0.390. The molecule has 0 aliphatic carbocycles. The van der Waals surface area contributed by atoms with Crippen LogP contribution in [-0.4, -0.2) is 30.8 Å². The molecule has 11 heavy (non-hydrogen) atoms. The fourth-order valence-electron chi connectivity index (χ4n) is 0.977. The number of rotatable bonds is 3. The molecule has 1 fully saturated rings. The highest BCUT2D eigenvalue weighted by atomic mass is 79.9. The summed E-state index contributed by atoms with van der Waals surface area (Å²) >= 11 is 3.50. The minimum absolute atomic E-state index is 0.261. The normalized spacial score (nSPS) is 31.6. The zero-order chi connectivity index (χ0) is 8.27. The van der Waals surface area contributed by atoms with Crippen molar-refractivity contribution in [1.29, 1.82) is 0 Å². The molecule has 66 valence electrons. The number of halogens is 1. The topological polar surface area (TPSA) is 18.5 Å². The molecule has 2 atom stereocenters. The minimum atomic E-state index is 0.261. The van der Waals surface area contributed by atoms with Crippen LogP contribution in [0.25, 0.3) is 0 Å². The molecule has 1 aliphatic rings. The first kappa shape index (κ1) is 9.49. The summed E-state index contributed by atoms with van der Waals surface area (Å²) in [7, 11) is 0. The Balaban J connectivity index is 2.15. The number of alkyl halides is 1. The maximum Gasteiger partial charge on any atom is 0.0955 e. The van der Waals surface area contributed by atoms with Crippen molar-refractivity contribution in [2.45, 2.75) is 24.8 Å². The maximum absolute atomic E-state index is 5.60. The fourth-order valence-corrected chi connectivity index (χ4v) is 1.47. The molecule has 0 bridgehead atoms. The van der Waals surface area contributed by atoms with E-state index < -0.39 is 0 Å². The van der Waals surface area contributed by atoms with Crippen LogP contribution >= 0.6 is 15.9 Å². The van der Waals surface area contributed by atoms with Crippen LogP contribution in [0, 0.1) is 5.92 Å². The quantitative estimate of drug-likeness (QED) is 0.679. The Morgan fingerprint density at radius 1 is 1.55 bits per heavy atom. The lowest BCUT2D eigenvalue weighted by Gasteiger charge is -2.14. The van der Waals surface area contributed by atoms with Gasteiger partial charge in [-0.15, -0.1) is 0 Å². The Kier molecular flexibility index (Phi) is 3.82. The Labute approximate surface area is 76.4 Å². The van der Waals surface area contributed by atoms with E-state index in [9.17, 15) is 0 Å². The van der Waals surface area contributed by atoms with Crippen LogP contribution in [0.1, 0.15) is 13.8 Å². The van der Waals surface area contributed by atoms with Crippen molar-refractivity contribution in [2.24, 2.45) is 5.92 Å². The van der Waals surface area contributed by atoms with E-state index in [0.29, 0.717) is 10.7 Å². The summed E-state index contributed by atoms with van der Waals surface area (Å²) in [6, 6.07) is 0. The van der Waals surface area contributed by atoms with Gasteiger partial charge in [-0.1, -0.05) is 29.8 Å². The smallest absolute Gasteiger partial charge is 0.0955 e. The van der Waals surface area contributed by atoms with Crippen molar-refractivity contribution in [3.8, 4) is 0 Å². The van der Waals surface area contributed by atoms with E-state index in [0.717, 1.165) is 19.8 Å². The largest absolute Gasteiger partial charge is 0.377 e. The molecule has 0 amide bonds. The summed E-state index contributed by atoms with van der Waals surface area (Å²) in [5.41, 5.74) is 0. The summed E-state index contributed by atoms with van der Waals surface area (Å²) < 4.78 is 10.8. The molecule has 0 aromatic carbocycles. The third-order valence-electron chi connectivity index (χ3n) is 1.61. The lowest BCUT2D eigenvalue weighted by molar-refractivity contribution is 0.0301. The van der Waals surface area contributed by atoms with Crippen LogP contribution in [0.4, 0.5) is 0 Å². The highest BCUT2D eigenvalue weighted by Crippen LogP contribution is 2.17. The first-order chi connectivity index (χ1) is 5.20. The Hall–Kier alpha value is 0.400. The summed E-state index contributed by atoms with van der Waals surface area (Å²) in [5.74, 6) is 0.607. The second-order valence-corrected chi connectivity index (χ2v) is 4.50. The lowest BCUT2D eigenvalue weighted by Crippen LogP contribution is -2.24. The summed E-state index contributed by atoms with van der Waals surface area (Å²) in [6.07, 6.45) is 0.261. The molecular weight excluding hydrogens is 208 g/mol. The van der Waals surface area contributed by atoms with Gasteiger partial charge in [-0.05, 0) is 5.92 Å². The first-order valence-electron chi connectivity index (χ1n) is 4.03. The Bertz CT molecular complexity index is 117. The predicted octanol–water partition coefficient (Wildman–Crippen LogP) is 1.82. The van der Waals surface area contributed by atoms with E-state index in [2.05, 4.69) is 29.8 Å². The van der Waals surface area contributed by atoms with Gasteiger partial charge in [0.15, 0.2) is 0 Å². The molecule has 1 heterocycles. The van der Waals surface area contributed by atoms with E-state index in [1.165, 1.54) is 0 Å². The van der Waals surface area contributed by atoms with E-state index in [1.54, 1.807) is 0 Å². The zero-order valence-corrected chi connectivity index (χ0v) is 8.63. The lowest BCUT2D eigenvalue weighted by atomic mass is 10.2. The third-order valence-corrected chi connectivity index (χ3v) is 2.46. The van der Waals surface area contributed by atoms with Crippen LogP contribution in [0.2, 0.25) is 0 Å². The zero-order valence-electron chi connectivity index (χ0n) is 7.05. The van der Waals surface area contributed by atoms with Gasteiger partial charge in [-0.2, -0.15) is 0 Å². The highest BCUT2D eigenvalue weighted by molar-refractivity contribution is 9.09. The molecule has 0 aromatic heterocycles. The molecule has 1 saturated heterocycles. The monoisotopic (exact) mass is 222 g/mol. The van der Waals surface area contributed by atoms with Gasteiger partial charge in [-0.3, -0.25) is 0 Å². The standard InChI is InChI=1S/C8H15BrO2/c1-6(2)3-11-8-5-10-4-7(8)9/h6-8H,3-5H2,1-2H3. The molecule has 1 aliphatic heterocycles. The van der Waals surface area contributed by atoms with Gasteiger partial charge in [-0.25, -0.2) is 0 Å². The van der Waals surface area contributed by atoms with E-state index in [-0.39, 0.29) is 6.10 Å². The van der Waals surface area contributed by atoms with Crippen molar-refractivity contribution >= 4 is 15.9 Å². The number of hydrogen-bond donors (Lipinski definition) is 0. The van der Waals surface area contributed by atoms with Crippen LogP contribution in [0.3, 0.4) is 0 Å². The molecule has 0 radical (unpaired) electrons. The van der Waals surface area contributed by atoms with E-state index in [4.69, 9.17) is 9.47 Å². The van der Waals surface area contributed by atoms with Gasteiger partial charge < -0.3 is 9.47 Å². The van der Waals surface area contributed by atoms with Crippen molar-refractivity contribution in [3.63, 3.8) is 0 Å². The second-order valence-electron chi connectivity index (χ2n) is 3.32. The van der Waals surface area contributed by atoms with Gasteiger partial charge >= 0.3 is 0 Å². The summed E-state index contributed by atoms with van der Waals surface area (Å²) in [5, 5.41) is 0. The molecule has 2 unspecified atom stereocenters. The van der Waals surface area contributed by atoms with Gasteiger partial charge in [0, 0.05) is 6.61 Å². The van der Waals surface area contributed by atoms with Crippen LogP contribution in [0.5, 0.6) is 0 Å². The first-order valence-corrected chi connectivity index (χ1v) is 4.95. The fraction of sp³-hybridized carbons (Fsp3) is 1.00. The molecular formula is C8H15BrO2. The molecule has 2 nitrogen and oxygen atoms in total. The minimum Gasteiger partial charge on any atom is -0.377 e. The van der Waals surface area contributed by atoms with Crippen molar-refractivity contribution in [1.82, 2.24) is 0 Å². The van der Waals surface area contributed by atoms with Crippen LogP contribution in [0.15, 0.2) is 0 Å². The Morgan fingerprint density at radius 2 is 2.27 bits per heavy atom. The van der Waals surface area contributed by atoms with Crippen molar-refractivity contribution in [3.05, 3.63) is 0 Å². The van der Waals surface area contributed by atoms with E-state index >= 15 is 0 Å². The number of ether oxygens (including phenoxy) is 2. The van der Waals surface area contributed by atoms with Crippen molar-refractivity contribution < 1.29 is 9.47 Å². The number of hydrogen-bond acceptors (Lipinski definition) is 2. The summed E-state index contributed by atoms with van der Waals surface area (Å²) in [6.45, 7) is 6.65. The molecule has 3 heteroatoms. The average molecular weight is 223 g/mol. The van der Waals surface area contributed by atoms with Gasteiger partial charge in [0.25, 0.3) is 0 Å². The second kappa shape index (κ2) is 4.43. The molecule has 0 aromatic rings. The van der Waals surface area contributed by atoms with Gasteiger partial charge in [0.1, 0.15) is 0 Å².